The predicted molar refractivity (Wildman–Crippen MR) is 124 cm³/mol. The highest BCUT2D eigenvalue weighted by molar-refractivity contribution is 5.85. The van der Waals surface area contributed by atoms with E-state index < -0.39 is 24.0 Å². The van der Waals surface area contributed by atoms with Gasteiger partial charge in [0, 0.05) is 12.5 Å². The van der Waals surface area contributed by atoms with E-state index in [2.05, 4.69) is 34.9 Å². The van der Waals surface area contributed by atoms with Gasteiger partial charge in [0.15, 0.2) is 0 Å². The molecule has 1 saturated carbocycles. The van der Waals surface area contributed by atoms with Crippen LogP contribution in [0.2, 0.25) is 0 Å². The molecule has 3 N–H and O–H groups in total. The minimum absolute atomic E-state index is 0.0326. The lowest BCUT2D eigenvalue weighted by molar-refractivity contribution is -0.143. The van der Waals surface area contributed by atoms with Crippen LogP contribution in [0.1, 0.15) is 49.7 Å². The maximum absolute atomic E-state index is 12.7. The highest BCUT2D eigenvalue weighted by Crippen LogP contribution is 2.44. The smallest absolute Gasteiger partial charge is 0.407 e. The Morgan fingerprint density at radius 3 is 2.15 bits per heavy atom. The number of carbonyl (C=O) groups is 3. The fourth-order valence-corrected chi connectivity index (χ4v) is 4.78. The maximum Gasteiger partial charge on any atom is 0.407 e. The SMILES string of the molecule is CC[C@@H](NC(=O)C(CNC(=O)OCC1c2ccccc2-c2ccccc21)C1CCC1)C(=O)O. The molecular weight excluding hydrogens is 420 g/mol. The molecular formula is C26H30N2O5. The molecule has 0 heterocycles. The fraction of sp³-hybridized carbons (Fsp3) is 0.423. The maximum atomic E-state index is 12.7. The van der Waals surface area contributed by atoms with Crippen LogP contribution in [0, 0.1) is 11.8 Å². The molecule has 2 aromatic carbocycles. The first-order valence-electron chi connectivity index (χ1n) is 11.6. The molecule has 0 aromatic heterocycles. The second kappa shape index (κ2) is 10.1. The quantitative estimate of drug-likeness (QED) is 0.537. The number of ether oxygens (including phenoxy) is 1. The second-order valence-corrected chi connectivity index (χ2v) is 8.81. The second-order valence-electron chi connectivity index (χ2n) is 8.81. The van der Waals surface area contributed by atoms with E-state index in [1.165, 1.54) is 0 Å². The van der Waals surface area contributed by atoms with Crippen LogP contribution in [0.5, 0.6) is 0 Å². The molecule has 2 aliphatic carbocycles. The number of carbonyl (C=O) groups excluding carboxylic acids is 2. The minimum atomic E-state index is -1.05. The van der Waals surface area contributed by atoms with E-state index >= 15 is 0 Å². The van der Waals surface area contributed by atoms with E-state index in [9.17, 15) is 19.5 Å². The zero-order valence-corrected chi connectivity index (χ0v) is 18.8. The molecule has 1 unspecified atom stereocenters. The molecule has 174 valence electrons. The van der Waals surface area contributed by atoms with Gasteiger partial charge in [-0.05, 0) is 47.4 Å². The van der Waals surface area contributed by atoms with Gasteiger partial charge in [-0.2, -0.15) is 0 Å². The van der Waals surface area contributed by atoms with Crippen LogP contribution in [-0.2, 0) is 14.3 Å². The van der Waals surface area contributed by atoms with Crippen LogP contribution >= 0.6 is 0 Å². The number of fused-ring (bicyclic) bond motifs is 3. The normalized spacial score (nSPS) is 16.6. The van der Waals surface area contributed by atoms with Crippen molar-refractivity contribution >= 4 is 18.0 Å². The van der Waals surface area contributed by atoms with Gasteiger partial charge < -0.3 is 20.5 Å². The molecule has 2 amide bonds. The number of hydrogen-bond donors (Lipinski definition) is 3. The van der Waals surface area contributed by atoms with E-state index in [0.29, 0.717) is 6.42 Å². The molecule has 2 aromatic rings. The van der Waals surface area contributed by atoms with Crippen molar-refractivity contribution in [3.8, 4) is 11.1 Å². The van der Waals surface area contributed by atoms with Crippen LogP contribution in [0.3, 0.4) is 0 Å². The zero-order valence-electron chi connectivity index (χ0n) is 18.8. The topological polar surface area (TPSA) is 105 Å². The predicted octanol–water partition coefficient (Wildman–Crippen LogP) is 3.92. The molecule has 0 radical (unpaired) electrons. The van der Waals surface area contributed by atoms with Gasteiger partial charge in [0.05, 0.1) is 5.92 Å². The average molecular weight is 451 g/mol. The molecule has 2 aliphatic rings. The van der Waals surface area contributed by atoms with Gasteiger partial charge in [-0.15, -0.1) is 0 Å². The molecule has 33 heavy (non-hydrogen) atoms. The number of amides is 2. The summed E-state index contributed by atoms with van der Waals surface area (Å²) in [7, 11) is 0. The lowest BCUT2D eigenvalue weighted by Crippen LogP contribution is -2.49. The molecule has 7 heteroatoms. The average Bonchev–Trinajstić information content (AvgIpc) is 3.10. The summed E-state index contributed by atoms with van der Waals surface area (Å²) in [6, 6.07) is 15.3. The van der Waals surface area contributed by atoms with Gasteiger partial charge >= 0.3 is 12.1 Å². The molecule has 0 saturated heterocycles. The van der Waals surface area contributed by atoms with Gasteiger partial charge in [0.25, 0.3) is 0 Å². The van der Waals surface area contributed by atoms with Crippen molar-refractivity contribution in [3.05, 3.63) is 59.7 Å². The third-order valence-corrected chi connectivity index (χ3v) is 6.89. The van der Waals surface area contributed by atoms with Gasteiger partial charge in [0.2, 0.25) is 5.91 Å². The highest BCUT2D eigenvalue weighted by Gasteiger charge is 2.35. The van der Waals surface area contributed by atoms with Crippen LogP contribution < -0.4 is 10.6 Å². The Morgan fingerprint density at radius 2 is 1.64 bits per heavy atom. The summed E-state index contributed by atoms with van der Waals surface area (Å²) < 4.78 is 5.57. The highest BCUT2D eigenvalue weighted by atomic mass is 16.5. The van der Waals surface area contributed by atoms with Gasteiger partial charge in [-0.3, -0.25) is 4.79 Å². The molecule has 7 nitrogen and oxygen atoms in total. The van der Waals surface area contributed by atoms with Crippen molar-refractivity contribution in [2.75, 3.05) is 13.2 Å². The number of benzene rings is 2. The standard InChI is InChI=1S/C26H30N2O5/c1-2-23(25(30)31)28-24(29)21(16-8-7-9-16)14-27-26(32)33-15-22-19-12-5-3-10-17(19)18-11-4-6-13-20(18)22/h3-6,10-13,16,21-23H,2,7-9,14-15H2,1H3,(H,27,32)(H,28,29)(H,30,31)/t21?,23-/m1/s1. The number of rotatable bonds is 9. The summed E-state index contributed by atoms with van der Waals surface area (Å²) in [6.07, 6.45) is 2.57. The Kier molecular flexibility index (Phi) is 6.96. The third-order valence-electron chi connectivity index (χ3n) is 6.89. The van der Waals surface area contributed by atoms with Crippen molar-refractivity contribution in [3.63, 3.8) is 0 Å². The Bertz CT molecular complexity index is 987. The van der Waals surface area contributed by atoms with Crippen molar-refractivity contribution in [1.82, 2.24) is 10.6 Å². The lowest BCUT2D eigenvalue weighted by Gasteiger charge is -2.33. The van der Waals surface area contributed by atoms with E-state index in [1.807, 2.05) is 24.3 Å². The first kappa shape index (κ1) is 22.8. The fourth-order valence-electron chi connectivity index (χ4n) is 4.78. The Labute approximate surface area is 193 Å². The number of carboxylic acids is 1. The molecule has 0 aliphatic heterocycles. The Balaban J connectivity index is 1.35. The van der Waals surface area contributed by atoms with Crippen LogP contribution in [0.25, 0.3) is 11.1 Å². The minimum Gasteiger partial charge on any atom is -0.480 e. The van der Waals surface area contributed by atoms with Gasteiger partial charge in [-0.1, -0.05) is 61.9 Å². The summed E-state index contributed by atoms with van der Waals surface area (Å²) in [5, 5.41) is 14.6. The molecule has 2 atom stereocenters. The largest absolute Gasteiger partial charge is 0.480 e. The first-order valence-corrected chi connectivity index (χ1v) is 11.6. The lowest BCUT2D eigenvalue weighted by atomic mass is 9.75. The zero-order chi connectivity index (χ0) is 23.4. The Hall–Kier alpha value is -3.35. The number of nitrogens with one attached hydrogen (secondary N) is 2. The van der Waals surface area contributed by atoms with E-state index in [1.54, 1.807) is 6.92 Å². The first-order chi connectivity index (χ1) is 16.0. The van der Waals surface area contributed by atoms with Crippen LogP contribution in [-0.4, -0.2) is 42.3 Å². The molecule has 4 rings (SSSR count). The van der Waals surface area contributed by atoms with Gasteiger partial charge in [-0.25, -0.2) is 9.59 Å². The monoisotopic (exact) mass is 450 g/mol. The summed E-state index contributed by atoms with van der Waals surface area (Å²) in [5.41, 5.74) is 4.59. The van der Waals surface area contributed by atoms with E-state index in [-0.39, 0.29) is 30.9 Å². The van der Waals surface area contributed by atoms with E-state index in [0.717, 1.165) is 41.5 Å². The van der Waals surface area contributed by atoms with Crippen molar-refractivity contribution in [1.29, 1.82) is 0 Å². The molecule has 1 fully saturated rings. The summed E-state index contributed by atoms with van der Waals surface area (Å²) in [5.74, 6) is -1.73. The number of alkyl carbamates (subject to hydrolysis) is 1. The number of hydrogen-bond acceptors (Lipinski definition) is 4. The molecule has 0 spiro atoms. The summed E-state index contributed by atoms with van der Waals surface area (Å²) in [6.45, 7) is 2.05. The Morgan fingerprint density at radius 1 is 1.03 bits per heavy atom. The van der Waals surface area contributed by atoms with Crippen LogP contribution in [0.4, 0.5) is 4.79 Å². The van der Waals surface area contributed by atoms with Crippen molar-refractivity contribution in [2.24, 2.45) is 11.8 Å². The number of aliphatic carboxylic acids is 1. The van der Waals surface area contributed by atoms with Crippen molar-refractivity contribution in [2.45, 2.75) is 44.6 Å². The van der Waals surface area contributed by atoms with Gasteiger partial charge in [0.1, 0.15) is 12.6 Å². The molecule has 0 bridgehead atoms. The van der Waals surface area contributed by atoms with Crippen LogP contribution in [0.15, 0.2) is 48.5 Å². The number of carboxylic acid groups (broad SMARTS) is 1. The summed E-state index contributed by atoms with van der Waals surface area (Å²) >= 11 is 0. The van der Waals surface area contributed by atoms with Crippen molar-refractivity contribution < 1.29 is 24.2 Å². The third kappa shape index (κ3) is 4.87. The summed E-state index contributed by atoms with van der Waals surface area (Å²) in [4.78, 5) is 36.5. The van der Waals surface area contributed by atoms with E-state index in [4.69, 9.17) is 4.74 Å².